The molecule has 1 aliphatic rings. The van der Waals surface area contributed by atoms with E-state index in [1.165, 1.54) is 0 Å². The van der Waals surface area contributed by atoms with Crippen LogP contribution < -0.4 is 0 Å². The summed E-state index contributed by atoms with van der Waals surface area (Å²) in [6.07, 6.45) is -6.20. The van der Waals surface area contributed by atoms with Crippen LogP contribution in [0, 0.1) is 0 Å². The van der Waals surface area contributed by atoms with Gasteiger partial charge in [-0.05, 0) is 20.8 Å². The van der Waals surface area contributed by atoms with Crippen molar-refractivity contribution < 1.29 is 35.0 Å². The van der Waals surface area contributed by atoms with Crippen LogP contribution >= 0.6 is 0 Å². The molecule has 1 rings (SSSR count). The van der Waals surface area contributed by atoms with E-state index in [9.17, 15) is 20.4 Å². The van der Waals surface area contributed by atoms with E-state index in [1.807, 2.05) is 0 Å². The highest BCUT2D eigenvalue weighted by Gasteiger charge is 2.54. The van der Waals surface area contributed by atoms with E-state index in [0.29, 0.717) is 0 Å². The molecule has 5 N–H and O–H groups in total. The molecule has 7 heteroatoms. The predicted molar refractivity (Wildman–Crippen MR) is 55.8 cm³/mol. The molecule has 0 saturated carbocycles. The van der Waals surface area contributed by atoms with Crippen molar-refractivity contribution in [3.63, 3.8) is 0 Å². The van der Waals surface area contributed by atoms with Gasteiger partial charge in [0.05, 0.1) is 12.2 Å². The summed E-state index contributed by atoms with van der Waals surface area (Å²) in [5.74, 6) is -2.72. The second kappa shape index (κ2) is 4.77. The quantitative estimate of drug-likeness (QED) is 0.358. The Balaban J connectivity index is 2.84. The summed E-state index contributed by atoms with van der Waals surface area (Å²) in [5, 5.41) is 47.1. The van der Waals surface area contributed by atoms with Crippen molar-refractivity contribution in [1.29, 1.82) is 0 Å². The van der Waals surface area contributed by atoms with Crippen molar-refractivity contribution in [1.82, 2.24) is 0 Å². The summed E-state index contributed by atoms with van der Waals surface area (Å²) in [6, 6.07) is 0. The largest absolute Gasteiger partial charge is 0.393 e. The zero-order valence-electron chi connectivity index (χ0n) is 10.1. The first-order chi connectivity index (χ1) is 7.59. The predicted octanol–water partition coefficient (Wildman–Crippen LogP) is -2.08. The van der Waals surface area contributed by atoms with Gasteiger partial charge in [0, 0.05) is 0 Å². The molecular weight excluding hydrogens is 232 g/mol. The lowest BCUT2D eigenvalue weighted by molar-refractivity contribution is -0.395. The van der Waals surface area contributed by atoms with Gasteiger partial charge in [0.15, 0.2) is 6.29 Å². The third kappa shape index (κ3) is 3.14. The SMILES string of the molecule is CC(C)(C)O[C@@H]1OC(CO)C(O)(O)C(O)C1O. The Bertz CT molecular complexity index is 256. The lowest BCUT2D eigenvalue weighted by Crippen LogP contribution is -2.67. The van der Waals surface area contributed by atoms with Crippen molar-refractivity contribution in [2.45, 2.75) is 56.8 Å². The maximum absolute atomic E-state index is 9.65. The number of aliphatic hydroxyl groups is 5. The highest BCUT2D eigenvalue weighted by atomic mass is 16.7. The van der Waals surface area contributed by atoms with Gasteiger partial charge in [-0.3, -0.25) is 0 Å². The minimum absolute atomic E-state index is 0.656. The van der Waals surface area contributed by atoms with Gasteiger partial charge >= 0.3 is 0 Å². The normalized spacial score (nSPS) is 38.1. The molecule has 0 spiro atoms. The topological polar surface area (TPSA) is 120 Å². The van der Waals surface area contributed by atoms with E-state index in [2.05, 4.69) is 0 Å². The minimum atomic E-state index is -2.72. The summed E-state index contributed by atoms with van der Waals surface area (Å²) in [7, 11) is 0. The van der Waals surface area contributed by atoms with Crippen LogP contribution in [0.1, 0.15) is 20.8 Å². The average molecular weight is 252 g/mol. The van der Waals surface area contributed by atoms with E-state index in [4.69, 9.17) is 14.6 Å². The van der Waals surface area contributed by atoms with Crippen LogP contribution in [0.5, 0.6) is 0 Å². The van der Waals surface area contributed by atoms with E-state index in [1.54, 1.807) is 20.8 Å². The Kier molecular flexibility index (Phi) is 4.15. The summed E-state index contributed by atoms with van der Waals surface area (Å²) >= 11 is 0. The monoisotopic (exact) mass is 252 g/mol. The summed E-state index contributed by atoms with van der Waals surface area (Å²) in [5.41, 5.74) is -0.656. The fraction of sp³-hybridized carbons (Fsp3) is 1.00. The summed E-state index contributed by atoms with van der Waals surface area (Å²) in [6.45, 7) is 4.41. The molecule has 3 unspecified atom stereocenters. The van der Waals surface area contributed by atoms with Gasteiger partial charge < -0.3 is 35.0 Å². The zero-order valence-corrected chi connectivity index (χ0v) is 10.1. The van der Waals surface area contributed by atoms with Crippen LogP contribution in [-0.2, 0) is 9.47 Å². The third-order valence-corrected chi connectivity index (χ3v) is 2.45. The van der Waals surface area contributed by atoms with Gasteiger partial charge in [0.1, 0.15) is 18.3 Å². The van der Waals surface area contributed by atoms with Crippen molar-refractivity contribution >= 4 is 0 Å². The first-order valence-corrected chi connectivity index (χ1v) is 5.34. The molecule has 0 bridgehead atoms. The molecule has 1 heterocycles. The molecule has 102 valence electrons. The second-order valence-corrected chi connectivity index (χ2v) is 5.12. The standard InChI is InChI=1S/C10H20O7/c1-9(2,3)17-8-6(12)7(13)10(14,15)5(4-11)16-8/h5-8,11-15H,4H2,1-3H3/t5?,6?,7?,8-/m0/s1. The van der Waals surface area contributed by atoms with Gasteiger partial charge in [-0.1, -0.05) is 0 Å². The van der Waals surface area contributed by atoms with Crippen LogP contribution in [0.4, 0.5) is 0 Å². The van der Waals surface area contributed by atoms with Gasteiger partial charge in [0.25, 0.3) is 0 Å². The highest BCUT2D eigenvalue weighted by molar-refractivity contribution is 4.94. The molecule has 1 saturated heterocycles. The lowest BCUT2D eigenvalue weighted by Gasteiger charge is -2.45. The van der Waals surface area contributed by atoms with E-state index >= 15 is 0 Å². The van der Waals surface area contributed by atoms with Crippen LogP contribution in [0.2, 0.25) is 0 Å². The molecule has 0 aliphatic carbocycles. The Labute approximate surface area is 99.2 Å². The molecule has 0 radical (unpaired) electrons. The fourth-order valence-electron chi connectivity index (χ4n) is 1.56. The Morgan fingerprint density at radius 2 is 1.76 bits per heavy atom. The zero-order chi connectivity index (χ0) is 13.4. The Hall–Kier alpha value is -0.280. The molecular formula is C10H20O7. The average Bonchev–Trinajstić information content (AvgIpc) is 2.18. The molecule has 0 amide bonds. The first-order valence-electron chi connectivity index (χ1n) is 5.34. The Morgan fingerprint density at radius 1 is 1.24 bits per heavy atom. The molecule has 0 aromatic rings. The van der Waals surface area contributed by atoms with Crippen LogP contribution in [0.15, 0.2) is 0 Å². The van der Waals surface area contributed by atoms with Gasteiger partial charge in [-0.2, -0.15) is 0 Å². The van der Waals surface area contributed by atoms with E-state index in [-0.39, 0.29) is 0 Å². The van der Waals surface area contributed by atoms with Crippen molar-refractivity contribution in [2.24, 2.45) is 0 Å². The van der Waals surface area contributed by atoms with Crippen molar-refractivity contribution in [3.05, 3.63) is 0 Å². The molecule has 1 aliphatic heterocycles. The third-order valence-electron chi connectivity index (χ3n) is 2.45. The molecule has 4 atom stereocenters. The van der Waals surface area contributed by atoms with E-state index in [0.717, 1.165) is 0 Å². The van der Waals surface area contributed by atoms with Gasteiger partial charge in [-0.15, -0.1) is 0 Å². The first kappa shape index (κ1) is 14.8. The van der Waals surface area contributed by atoms with Crippen molar-refractivity contribution in [2.75, 3.05) is 6.61 Å². The molecule has 0 aromatic carbocycles. The second-order valence-electron chi connectivity index (χ2n) is 5.12. The highest BCUT2D eigenvalue weighted by Crippen LogP contribution is 2.30. The minimum Gasteiger partial charge on any atom is -0.393 e. The van der Waals surface area contributed by atoms with Crippen LogP contribution in [-0.4, -0.2) is 68.1 Å². The van der Waals surface area contributed by atoms with Crippen molar-refractivity contribution in [3.8, 4) is 0 Å². The summed E-state index contributed by atoms with van der Waals surface area (Å²) < 4.78 is 10.3. The Morgan fingerprint density at radius 3 is 2.18 bits per heavy atom. The number of hydrogen-bond acceptors (Lipinski definition) is 7. The number of hydrogen-bond donors (Lipinski definition) is 5. The number of aliphatic hydroxyl groups excluding tert-OH is 3. The molecule has 7 nitrogen and oxygen atoms in total. The van der Waals surface area contributed by atoms with Gasteiger partial charge in [0.2, 0.25) is 5.79 Å². The number of ether oxygens (including phenoxy) is 2. The molecule has 0 aromatic heterocycles. The molecule has 17 heavy (non-hydrogen) atoms. The fourth-order valence-corrected chi connectivity index (χ4v) is 1.56. The maximum atomic E-state index is 9.65. The molecule has 1 fully saturated rings. The summed E-state index contributed by atoms with van der Waals surface area (Å²) in [4.78, 5) is 0. The van der Waals surface area contributed by atoms with Gasteiger partial charge in [-0.25, -0.2) is 0 Å². The maximum Gasteiger partial charge on any atom is 0.221 e. The van der Waals surface area contributed by atoms with Crippen LogP contribution in [0.25, 0.3) is 0 Å². The number of rotatable bonds is 2. The van der Waals surface area contributed by atoms with E-state index < -0.39 is 42.6 Å². The van der Waals surface area contributed by atoms with Crippen LogP contribution in [0.3, 0.4) is 0 Å². The lowest BCUT2D eigenvalue weighted by atomic mass is 9.95. The smallest absolute Gasteiger partial charge is 0.221 e.